The first-order chi connectivity index (χ1) is 4.74. The van der Waals surface area contributed by atoms with Gasteiger partial charge in [-0.15, -0.1) is 0 Å². The van der Waals surface area contributed by atoms with Crippen molar-refractivity contribution in [2.45, 2.75) is 0 Å². The summed E-state index contributed by atoms with van der Waals surface area (Å²) in [6.07, 6.45) is 0. The van der Waals surface area contributed by atoms with Crippen molar-refractivity contribution in [3.05, 3.63) is 0 Å². The highest BCUT2D eigenvalue weighted by atomic mass is 32.2. The maximum absolute atomic E-state index is 10.3. The molecule has 0 aromatic carbocycles. The monoisotopic (exact) mass is 164 g/mol. The minimum absolute atomic E-state index is 0.557. The molecule has 10 heavy (non-hydrogen) atoms. The van der Waals surface area contributed by atoms with Crippen molar-refractivity contribution in [2.24, 2.45) is 5.92 Å². The topological polar surface area (TPSA) is 52.6 Å². The molecule has 5 heteroatoms. The lowest BCUT2D eigenvalue weighted by molar-refractivity contribution is 0.196. The zero-order chi connectivity index (χ0) is 7.56. The highest BCUT2D eigenvalue weighted by Gasteiger charge is 2.29. The lowest BCUT2D eigenvalue weighted by atomic mass is 10.0. The summed E-state index contributed by atoms with van der Waals surface area (Å²) >= 11 is -1.74. The molecule has 0 radical (unpaired) electrons. The van der Waals surface area contributed by atoms with E-state index in [1.54, 1.807) is 0 Å². The maximum Gasteiger partial charge on any atom is 0.234 e. The number of hydrogen-bond acceptors (Lipinski definition) is 2. The smallest absolute Gasteiger partial charge is 0.234 e. The number of rotatable bonds is 3. The van der Waals surface area contributed by atoms with Gasteiger partial charge in [-0.3, -0.25) is 4.55 Å². The van der Waals surface area contributed by atoms with Gasteiger partial charge in [0, 0.05) is 19.6 Å². The predicted octanol–water partition coefficient (Wildman–Crippen LogP) is -0.726. The van der Waals surface area contributed by atoms with Crippen molar-refractivity contribution in [3.63, 3.8) is 0 Å². The second kappa shape index (κ2) is 3.43. The minimum atomic E-state index is -1.74. The van der Waals surface area contributed by atoms with Crippen molar-refractivity contribution in [1.29, 1.82) is 0 Å². The highest BCUT2D eigenvalue weighted by Crippen LogP contribution is 2.14. The fourth-order valence-corrected chi connectivity index (χ4v) is 1.74. The lowest BCUT2D eigenvalue weighted by Crippen LogP contribution is -2.50. The molecule has 60 valence electrons. The summed E-state index contributed by atoms with van der Waals surface area (Å²) in [6.45, 7) is 2.42. The van der Waals surface area contributed by atoms with E-state index in [0.29, 0.717) is 5.92 Å². The van der Waals surface area contributed by atoms with Crippen LogP contribution in [0.5, 0.6) is 0 Å². The van der Waals surface area contributed by atoms with Gasteiger partial charge in [-0.1, -0.05) is 0 Å². The molecule has 1 heterocycles. The van der Waals surface area contributed by atoms with Crippen LogP contribution in [-0.2, 0) is 11.3 Å². The zero-order valence-corrected chi connectivity index (χ0v) is 6.73. The Kier molecular flexibility index (Phi) is 2.79. The summed E-state index contributed by atoms with van der Waals surface area (Å²) in [5.74, 6) is 0.557. The molecule has 1 rings (SSSR count). The molecule has 1 fully saturated rings. The third-order valence-corrected chi connectivity index (χ3v) is 2.38. The third kappa shape index (κ3) is 1.76. The summed E-state index contributed by atoms with van der Waals surface area (Å²) < 4.78 is 20.4. The molecule has 2 N–H and O–H groups in total. The van der Waals surface area contributed by atoms with Gasteiger partial charge in [0.05, 0.1) is 0 Å². The Morgan fingerprint density at radius 2 is 2.40 bits per heavy atom. The van der Waals surface area contributed by atoms with Crippen molar-refractivity contribution in [1.82, 2.24) is 9.62 Å². The Morgan fingerprint density at radius 3 is 2.80 bits per heavy atom. The van der Waals surface area contributed by atoms with E-state index in [-0.39, 0.29) is 0 Å². The maximum atomic E-state index is 10.3. The molecule has 0 aromatic heterocycles. The van der Waals surface area contributed by atoms with Crippen LogP contribution in [0, 0.1) is 5.92 Å². The van der Waals surface area contributed by atoms with Crippen LogP contribution in [0.15, 0.2) is 0 Å². The van der Waals surface area contributed by atoms with Crippen LogP contribution < -0.4 is 5.32 Å². The van der Waals surface area contributed by atoms with E-state index in [1.807, 2.05) is 7.05 Å². The van der Waals surface area contributed by atoms with E-state index >= 15 is 0 Å². The van der Waals surface area contributed by atoms with Gasteiger partial charge in [0.15, 0.2) is 0 Å². The van der Waals surface area contributed by atoms with Crippen molar-refractivity contribution in [2.75, 3.05) is 26.7 Å². The predicted molar refractivity (Wildman–Crippen MR) is 39.8 cm³/mol. The molecule has 1 unspecified atom stereocenters. The fraction of sp³-hybridized carbons (Fsp3) is 1.00. The lowest BCUT2D eigenvalue weighted by Gasteiger charge is -2.35. The molecule has 0 spiro atoms. The first kappa shape index (κ1) is 8.13. The standard InChI is InChI=1S/C5H12N2O2S/c1-6-2-5-3-7(4-5)10(8)9/h5-6H,2-4H2,1H3,(H,8,9). The van der Waals surface area contributed by atoms with Gasteiger partial charge >= 0.3 is 0 Å². The molecular weight excluding hydrogens is 152 g/mol. The number of nitrogens with zero attached hydrogens (tertiary/aromatic N) is 1. The van der Waals surface area contributed by atoms with Gasteiger partial charge in [0.2, 0.25) is 11.3 Å². The molecule has 1 atom stereocenters. The Balaban J connectivity index is 2.12. The second-order valence-corrected chi connectivity index (χ2v) is 3.48. The number of hydrogen-bond donors (Lipinski definition) is 2. The molecule has 1 aliphatic heterocycles. The Hall–Kier alpha value is 0.0300. The molecule has 1 aliphatic rings. The van der Waals surface area contributed by atoms with Crippen LogP contribution in [0.1, 0.15) is 0 Å². The third-order valence-electron chi connectivity index (χ3n) is 1.64. The van der Waals surface area contributed by atoms with Crippen LogP contribution in [-0.4, -0.2) is 39.7 Å². The number of nitrogens with one attached hydrogen (secondary N) is 1. The van der Waals surface area contributed by atoms with E-state index in [1.165, 1.54) is 4.31 Å². The molecule has 0 bridgehead atoms. The van der Waals surface area contributed by atoms with Crippen LogP contribution in [0.3, 0.4) is 0 Å². The van der Waals surface area contributed by atoms with Crippen LogP contribution >= 0.6 is 0 Å². The molecule has 0 saturated carbocycles. The minimum Gasteiger partial charge on any atom is -0.319 e. The largest absolute Gasteiger partial charge is 0.319 e. The van der Waals surface area contributed by atoms with Gasteiger partial charge in [-0.05, 0) is 13.0 Å². The Bertz CT molecular complexity index is 136. The molecule has 0 amide bonds. The van der Waals surface area contributed by atoms with E-state index in [2.05, 4.69) is 5.32 Å². The zero-order valence-electron chi connectivity index (χ0n) is 5.91. The Morgan fingerprint density at radius 1 is 1.80 bits per heavy atom. The van der Waals surface area contributed by atoms with Crippen LogP contribution in [0.2, 0.25) is 0 Å². The molecule has 0 aliphatic carbocycles. The molecule has 0 aromatic rings. The summed E-state index contributed by atoms with van der Waals surface area (Å²) in [6, 6.07) is 0. The normalized spacial score (nSPS) is 24.2. The second-order valence-electron chi connectivity index (χ2n) is 2.50. The average Bonchev–Trinajstić information content (AvgIpc) is 1.76. The Labute approximate surface area is 63.0 Å². The van der Waals surface area contributed by atoms with E-state index in [4.69, 9.17) is 4.55 Å². The summed E-state index contributed by atoms with van der Waals surface area (Å²) in [7, 11) is 1.89. The molecule has 4 nitrogen and oxygen atoms in total. The van der Waals surface area contributed by atoms with Gasteiger partial charge in [0.1, 0.15) is 0 Å². The first-order valence-electron chi connectivity index (χ1n) is 3.24. The SMILES string of the molecule is CNCC1CN(S(=O)O)C1. The van der Waals surface area contributed by atoms with E-state index < -0.39 is 11.3 Å². The van der Waals surface area contributed by atoms with E-state index in [0.717, 1.165) is 19.6 Å². The summed E-state index contributed by atoms with van der Waals surface area (Å²) in [5.41, 5.74) is 0. The summed E-state index contributed by atoms with van der Waals surface area (Å²) in [4.78, 5) is 0. The van der Waals surface area contributed by atoms with Gasteiger partial charge in [-0.2, -0.15) is 0 Å². The van der Waals surface area contributed by atoms with Crippen molar-refractivity contribution in [3.8, 4) is 0 Å². The molecular formula is C5H12N2O2S. The van der Waals surface area contributed by atoms with Crippen LogP contribution in [0.4, 0.5) is 0 Å². The van der Waals surface area contributed by atoms with Crippen molar-refractivity contribution < 1.29 is 8.76 Å². The van der Waals surface area contributed by atoms with Gasteiger partial charge in [0.25, 0.3) is 0 Å². The average molecular weight is 164 g/mol. The molecule has 1 saturated heterocycles. The van der Waals surface area contributed by atoms with Crippen LogP contribution in [0.25, 0.3) is 0 Å². The van der Waals surface area contributed by atoms with Gasteiger partial charge < -0.3 is 5.32 Å². The van der Waals surface area contributed by atoms with Gasteiger partial charge in [-0.25, -0.2) is 8.51 Å². The fourth-order valence-electron chi connectivity index (χ4n) is 1.07. The van der Waals surface area contributed by atoms with Crippen molar-refractivity contribution >= 4 is 11.3 Å². The first-order valence-corrected chi connectivity index (χ1v) is 4.31. The summed E-state index contributed by atoms with van der Waals surface area (Å²) in [5, 5.41) is 3.02. The van der Waals surface area contributed by atoms with E-state index in [9.17, 15) is 4.21 Å². The quantitative estimate of drug-likeness (QED) is 0.541. The highest BCUT2D eigenvalue weighted by molar-refractivity contribution is 7.76.